The molecule has 0 aliphatic rings. The molecule has 0 aromatic heterocycles. The maximum atomic E-state index is 13.0. The summed E-state index contributed by atoms with van der Waals surface area (Å²) in [6, 6.07) is 12.1. The topological polar surface area (TPSA) is 52.9 Å². The minimum atomic E-state index is -0.884. The molecule has 3 nitrogen and oxygen atoms in total. The summed E-state index contributed by atoms with van der Waals surface area (Å²) in [6.07, 6.45) is 2.65. The molecule has 0 radical (unpaired) electrons. The van der Waals surface area contributed by atoms with Crippen molar-refractivity contribution in [2.75, 3.05) is 0 Å². The highest BCUT2D eigenvalue weighted by atomic mass is 19.1. The van der Waals surface area contributed by atoms with Crippen LogP contribution >= 0.6 is 0 Å². The number of hydrogen-bond donors (Lipinski definition) is 1. The van der Waals surface area contributed by atoms with Crippen molar-refractivity contribution < 1.29 is 13.6 Å². The van der Waals surface area contributed by atoms with E-state index in [9.17, 15) is 13.6 Å². The molecular weight excluding hydrogens is 286 g/mol. The summed E-state index contributed by atoms with van der Waals surface area (Å²) in [6.45, 7) is 0. The van der Waals surface area contributed by atoms with Gasteiger partial charge < -0.3 is 5.32 Å². The van der Waals surface area contributed by atoms with Crippen LogP contribution in [0.5, 0.6) is 0 Å². The fourth-order valence-corrected chi connectivity index (χ4v) is 1.82. The van der Waals surface area contributed by atoms with Crippen molar-refractivity contribution in [3.8, 4) is 6.07 Å². The van der Waals surface area contributed by atoms with Crippen molar-refractivity contribution in [1.29, 1.82) is 5.26 Å². The second kappa shape index (κ2) is 7.14. The Hall–Kier alpha value is -3.00. The molecule has 0 fully saturated rings. The van der Waals surface area contributed by atoms with E-state index in [0.717, 1.165) is 0 Å². The van der Waals surface area contributed by atoms with E-state index in [2.05, 4.69) is 5.32 Å². The lowest BCUT2D eigenvalue weighted by Crippen LogP contribution is -2.25. The van der Waals surface area contributed by atoms with Crippen molar-refractivity contribution in [1.82, 2.24) is 5.32 Å². The van der Waals surface area contributed by atoms with Crippen LogP contribution in [0, 0.1) is 23.0 Å². The van der Waals surface area contributed by atoms with Crippen molar-refractivity contribution in [2.24, 2.45) is 0 Å². The van der Waals surface area contributed by atoms with Gasteiger partial charge in [0.15, 0.2) is 0 Å². The summed E-state index contributed by atoms with van der Waals surface area (Å²) in [4.78, 5) is 11.8. The molecule has 0 aliphatic carbocycles. The number of carbonyl (C=O) groups excluding carboxylic acids is 1. The second-order valence-corrected chi connectivity index (χ2v) is 4.51. The highest BCUT2D eigenvalue weighted by Gasteiger charge is 2.12. The fourth-order valence-electron chi connectivity index (χ4n) is 1.82. The first-order chi connectivity index (χ1) is 10.6. The molecule has 0 unspecified atom stereocenters. The Morgan fingerprint density at radius 1 is 1.14 bits per heavy atom. The lowest BCUT2D eigenvalue weighted by molar-refractivity contribution is -0.116. The number of nitriles is 1. The lowest BCUT2D eigenvalue weighted by atomic mass is 10.1. The molecule has 0 heterocycles. The number of hydrogen-bond acceptors (Lipinski definition) is 2. The molecule has 1 atom stereocenters. The summed E-state index contributed by atoms with van der Waals surface area (Å²) >= 11 is 0. The summed E-state index contributed by atoms with van der Waals surface area (Å²) in [7, 11) is 0. The molecule has 0 saturated heterocycles. The minimum Gasteiger partial charge on any atom is -0.333 e. The van der Waals surface area contributed by atoms with Gasteiger partial charge in [-0.05, 0) is 41.5 Å². The molecule has 1 N–H and O–H groups in total. The Kier molecular flexibility index (Phi) is 4.99. The van der Waals surface area contributed by atoms with Gasteiger partial charge in [-0.1, -0.05) is 24.3 Å². The highest BCUT2D eigenvalue weighted by molar-refractivity contribution is 5.92. The van der Waals surface area contributed by atoms with E-state index in [1.807, 2.05) is 6.07 Å². The monoisotopic (exact) mass is 298 g/mol. The number of amides is 1. The van der Waals surface area contributed by atoms with Gasteiger partial charge in [-0.15, -0.1) is 0 Å². The first kappa shape index (κ1) is 15.4. The fraction of sp³-hybridized carbons (Fsp3) is 0.0588. The molecule has 2 aromatic rings. The summed E-state index contributed by atoms with van der Waals surface area (Å²) in [5.74, 6) is -1.32. The van der Waals surface area contributed by atoms with Crippen LogP contribution in [0.2, 0.25) is 0 Å². The Bertz CT molecular complexity index is 733. The Balaban J connectivity index is 2.04. The van der Waals surface area contributed by atoms with Crippen molar-refractivity contribution in [2.45, 2.75) is 6.04 Å². The number of nitrogens with one attached hydrogen (secondary N) is 1. The summed E-state index contributed by atoms with van der Waals surface area (Å²) in [5.41, 5.74) is 1.02. The van der Waals surface area contributed by atoms with Gasteiger partial charge in [-0.2, -0.15) is 5.26 Å². The average Bonchev–Trinajstić information content (AvgIpc) is 2.52. The van der Waals surface area contributed by atoms with Crippen molar-refractivity contribution in [3.05, 3.63) is 77.4 Å². The van der Waals surface area contributed by atoms with Gasteiger partial charge in [-0.3, -0.25) is 4.79 Å². The highest BCUT2D eigenvalue weighted by Crippen LogP contribution is 2.13. The number of carbonyl (C=O) groups is 1. The van der Waals surface area contributed by atoms with E-state index in [-0.39, 0.29) is 0 Å². The van der Waals surface area contributed by atoms with Crippen LogP contribution in [0.25, 0.3) is 6.08 Å². The van der Waals surface area contributed by atoms with Crippen LogP contribution in [0.4, 0.5) is 8.78 Å². The second-order valence-electron chi connectivity index (χ2n) is 4.51. The van der Waals surface area contributed by atoms with Crippen LogP contribution in [0.1, 0.15) is 17.2 Å². The molecule has 0 aliphatic heterocycles. The predicted octanol–water partition coefficient (Wildman–Crippen LogP) is 3.36. The average molecular weight is 298 g/mol. The molecule has 110 valence electrons. The Morgan fingerprint density at radius 3 is 2.50 bits per heavy atom. The standard InChI is InChI=1S/C17H12F2N2O/c18-14-7-5-13(6-8-14)16(11-20)21-17(22)9-4-12-2-1-3-15(19)10-12/h1-10,16H,(H,21,22)/b9-4+/t16-/m1/s1. The third-order valence-corrected chi connectivity index (χ3v) is 2.89. The summed E-state index contributed by atoms with van der Waals surface area (Å²) in [5, 5.41) is 11.6. The Labute approximate surface area is 126 Å². The smallest absolute Gasteiger partial charge is 0.245 e. The Morgan fingerprint density at radius 2 is 1.86 bits per heavy atom. The summed E-state index contributed by atoms with van der Waals surface area (Å²) < 4.78 is 25.8. The largest absolute Gasteiger partial charge is 0.333 e. The SMILES string of the molecule is N#C[C@@H](NC(=O)/C=C/c1cccc(F)c1)c1ccc(F)cc1. The number of halogens is 2. The molecule has 1 amide bonds. The molecule has 5 heteroatoms. The number of nitrogens with zero attached hydrogens (tertiary/aromatic N) is 1. The molecule has 0 spiro atoms. The van der Waals surface area contributed by atoms with E-state index < -0.39 is 23.6 Å². The number of benzene rings is 2. The minimum absolute atomic E-state index is 0.399. The van der Waals surface area contributed by atoms with Gasteiger partial charge in [0.25, 0.3) is 0 Å². The zero-order valence-electron chi connectivity index (χ0n) is 11.5. The van der Waals surface area contributed by atoms with Gasteiger partial charge >= 0.3 is 0 Å². The lowest BCUT2D eigenvalue weighted by Gasteiger charge is -2.10. The van der Waals surface area contributed by atoms with Gasteiger partial charge in [-0.25, -0.2) is 8.78 Å². The molecule has 0 saturated carbocycles. The molecule has 2 aromatic carbocycles. The first-order valence-corrected chi connectivity index (χ1v) is 6.48. The van der Waals surface area contributed by atoms with Gasteiger partial charge in [0.2, 0.25) is 5.91 Å². The van der Waals surface area contributed by atoms with Crippen LogP contribution in [-0.2, 0) is 4.79 Å². The maximum absolute atomic E-state index is 13.0. The predicted molar refractivity (Wildman–Crippen MR) is 78.3 cm³/mol. The van der Waals surface area contributed by atoms with Crippen molar-refractivity contribution in [3.63, 3.8) is 0 Å². The van der Waals surface area contributed by atoms with E-state index in [1.165, 1.54) is 54.6 Å². The molecular formula is C17H12F2N2O. The third-order valence-electron chi connectivity index (χ3n) is 2.89. The van der Waals surface area contributed by atoms with Crippen LogP contribution in [-0.4, -0.2) is 5.91 Å². The van der Waals surface area contributed by atoms with E-state index in [1.54, 1.807) is 6.07 Å². The zero-order chi connectivity index (χ0) is 15.9. The first-order valence-electron chi connectivity index (χ1n) is 6.48. The molecule has 0 bridgehead atoms. The van der Waals surface area contributed by atoms with Gasteiger partial charge in [0.05, 0.1) is 6.07 Å². The number of rotatable bonds is 4. The molecule has 2 rings (SSSR count). The van der Waals surface area contributed by atoms with Gasteiger partial charge in [0.1, 0.15) is 17.7 Å². The van der Waals surface area contributed by atoms with E-state index >= 15 is 0 Å². The maximum Gasteiger partial charge on any atom is 0.245 e. The van der Waals surface area contributed by atoms with Gasteiger partial charge in [0, 0.05) is 6.08 Å². The van der Waals surface area contributed by atoms with Crippen LogP contribution in [0.15, 0.2) is 54.6 Å². The third kappa shape index (κ3) is 4.25. The van der Waals surface area contributed by atoms with Crippen molar-refractivity contribution >= 4 is 12.0 Å². The normalized spacial score (nSPS) is 11.9. The van der Waals surface area contributed by atoms with E-state index in [4.69, 9.17) is 5.26 Å². The van der Waals surface area contributed by atoms with Crippen LogP contribution < -0.4 is 5.32 Å². The van der Waals surface area contributed by atoms with E-state index in [0.29, 0.717) is 11.1 Å². The zero-order valence-corrected chi connectivity index (χ0v) is 11.5. The quantitative estimate of drug-likeness (QED) is 0.880. The molecule has 22 heavy (non-hydrogen) atoms. The van der Waals surface area contributed by atoms with Crippen LogP contribution in [0.3, 0.4) is 0 Å².